The first kappa shape index (κ1) is 30.8. The summed E-state index contributed by atoms with van der Waals surface area (Å²) < 4.78 is 20.5. The molecule has 1 aliphatic rings. The van der Waals surface area contributed by atoms with Crippen molar-refractivity contribution < 1.29 is 18.7 Å². The van der Waals surface area contributed by atoms with Gasteiger partial charge in [-0.1, -0.05) is 88.6 Å². The van der Waals surface area contributed by atoms with E-state index in [1.54, 1.807) is 17.0 Å². The van der Waals surface area contributed by atoms with Gasteiger partial charge in [0.15, 0.2) is 6.61 Å². The van der Waals surface area contributed by atoms with Crippen molar-refractivity contribution in [1.82, 2.24) is 10.2 Å². The van der Waals surface area contributed by atoms with E-state index in [9.17, 15) is 14.0 Å². The zero-order chi connectivity index (χ0) is 29.4. The molecule has 218 valence electrons. The van der Waals surface area contributed by atoms with Crippen LogP contribution in [0.25, 0.3) is 0 Å². The molecular weight excluding hydrogens is 583 g/mol. The molecule has 5 nitrogen and oxygen atoms in total. The maximum Gasteiger partial charge on any atom is 0.261 e. The molecular formula is C34H40BrFN2O3. The van der Waals surface area contributed by atoms with E-state index in [2.05, 4.69) is 42.0 Å². The molecule has 1 aliphatic carbocycles. The highest BCUT2D eigenvalue weighted by molar-refractivity contribution is 9.10. The second kappa shape index (κ2) is 14.1. The van der Waals surface area contributed by atoms with Gasteiger partial charge in [-0.25, -0.2) is 4.39 Å². The van der Waals surface area contributed by atoms with Gasteiger partial charge in [-0.3, -0.25) is 9.59 Å². The Kier molecular flexibility index (Phi) is 10.6. The van der Waals surface area contributed by atoms with E-state index in [0.717, 1.165) is 46.8 Å². The number of ether oxygens (including phenoxy) is 1. The first-order valence-electron chi connectivity index (χ1n) is 14.4. The summed E-state index contributed by atoms with van der Waals surface area (Å²) >= 11 is 3.59. The van der Waals surface area contributed by atoms with E-state index in [4.69, 9.17) is 4.74 Å². The highest BCUT2D eigenvalue weighted by atomic mass is 79.9. The van der Waals surface area contributed by atoms with E-state index >= 15 is 0 Å². The molecule has 0 unspecified atom stereocenters. The zero-order valence-electron chi connectivity index (χ0n) is 24.2. The van der Waals surface area contributed by atoms with Gasteiger partial charge >= 0.3 is 0 Å². The first-order valence-corrected chi connectivity index (χ1v) is 15.2. The van der Waals surface area contributed by atoms with Crippen molar-refractivity contribution in [1.29, 1.82) is 0 Å². The molecule has 0 saturated heterocycles. The van der Waals surface area contributed by atoms with Gasteiger partial charge in [0.1, 0.15) is 17.6 Å². The summed E-state index contributed by atoms with van der Waals surface area (Å²) in [7, 11) is 0. The Morgan fingerprint density at radius 3 is 2.29 bits per heavy atom. The molecule has 3 aromatic carbocycles. The second-order valence-corrected chi connectivity index (χ2v) is 12.7. The molecule has 0 bridgehead atoms. The van der Waals surface area contributed by atoms with Crippen LogP contribution in [-0.2, 0) is 28.0 Å². The molecule has 0 radical (unpaired) electrons. The number of nitrogens with zero attached hydrogens (tertiary/aromatic N) is 1. The minimum Gasteiger partial charge on any atom is -0.483 e. The Hall–Kier alpha value is -3.19. The molecule has 0 spiro atoms. The third kappa shape index (κ3) is 8.90. The summed E-state index contributed by atoms with van der Waals surface area (Å²) in [6.45, 7) is 6.32. The quantitative estimate of drug-likeness (QED) is 0.257. The van der Waals surface area contributed by atoms with Gasteiger partial charge in [0.05, 0.1) is 4.47 Å². The fraction of sp³-hybridized carbons (Fsp3) is 0.412. The van der Waals surface area contributed by atoms with Gasteiger partial charge in [-0.15, -0.1) is 0 Å². The molecule has 41 heavy (non-hydrogen) atoms. The monoisotopic (exact) mass is 622 g/mol. The van der Waals surface area contributed by atoms with Crippen LogP contribution in [0.4, 0.5) is 4.39 Å². The second-order valence-electron chi connectivity index (χ2n) is 11.9. The van der Waals surface area contributed by atoms with Crippen molar-refractivity contribution in [2.75, 3.05) is 6.61 Å². The SMILES string of the molecule is CC(C)(C)c1ccc(OCC(=O)N(Cc2ccc(F)cc2)[C@H](Cc2ccccc2)C(=O)NC2CCCCC2)c(Br)c1. The van der Waals surface area contributed by atoms with E-state index in [0.29, 0.717) is 12.2 Å². The first-order chi connectivity index (χ1) is 19.6. The lowest BCUT2D eigenvalue weighted by Gasteiger charge is -2.33. The Balaban J connectivity index is 1.60. The average molecular weight is 624 g/mol. The molecule has 4 rings (SSSR count). The van der Waals surface area contributed by atoms with Gasteiger partial charge in [0, 0.05) is 19.0 Å². The van der Waals surface area contributed by atoms with Crippen molar-refractivity contribution in [3.05, 3.63) is 99.8 Å². The molecule has 2 amide bonds. The molecule has 3 aromatic rings. The molecule has 1 N–H and O–H groups in total. The van der Waals surface area contributed by atoms with Gasteiger partial charge < -0.3 is 15.0 Å². The Morgan fingerprint density at radius 1 is 0.976 bits per heavy atom. The number of hydrogen-bond acceptors (Lipinski definition) is 3. The van der Waals surface area contributed by atoms with Crippen LogP contribution in [-0.4, -0.2) is 35.4 Å². The lowest BCUT2D eigenvalue weighted by Crippen LogP contribution is -2.53. The Labute approximate surface area is 251 Å². The van der Waals surface area contributed by atoms with E-state index in [1.165, 1.54) is 18.6 Å². The van der Waals surface area contributed by atoms with Crippen LogP contribution >= 0.6 is 15.9 Å². The third-order valence-electron chi connectivity index (χ3n) is 7.64. The van der Waals surface area contributed by atoms with Crippen molar-refractivity contribution >= 4 is 27.7 Å². The summed E-state index contributed by atoms with van der Waals surface area (Å²) in [5, 5.41) is 3.23. The molecule has 1 saturated carbocycles. The fourth-order valence-electron chi connectivity index (χ4n) is 5.19. The van der Waals surface area contributed by atoms with Crippen LogP contribution in [0.2, 0.25) is 0 Å². The zero-order valence-corrected chi connectivity index (χ0v) is 25.8. The standard InChI is InChI=1S/C34H40BrFN2O3/c1-34(2,3)26-16-19-31(29(35)21-26)41-23-32(39)38(22-25-14-17-27(36)18-15-25)30(20-24-10-6-4-7-11-24)33(40)37-28-12-8-5-9-13-28/h4,6-7,10-11,14-19,21,28,30H,5,8-9,12-13,20,22-23H2,1-3H3,(H,37,40)/t30-/m1/s1. The summed E-state index contributed by atoms with van der Waals surface area (Å²) in [5.41, 5.74) is 2.80. The lowest BCUT2D eigenvalue weighted by molar-refractivity contribution is -0.143. The van der Waals surface area contributed by atoms with Crippen LogP contribution in [0.5, 0.6) is 5.75 Å². The predicted octanol–water partition coefficient (Wildman–Crippen LogP) is 7.35. The fourth-order valence-corrected chi connectivity index (χ4v) is 5.68. The number of benzene rings is 3. The van der Waals surface area contributed by atoms with Crippen molar-refractivity contribution in [3.8, 4) is 5.75 Å². The maximum absolute atomic E-state index is 13.9. The van der Waals surface area contributed by atoms with Crippen molar-refractivity contribution in [2.24, 2.45) is 0 Å². The number of carbonyl (C=O) groups is 2. The molecule has 0 aromatic heterocycles. The van der Waals surface area contributed by atoms with Gasteiger partial charge in [0.2, 0.25) is 5.91 Å². The lowest BCUT2D eigenvalue weighted by atomic mass is 9.87. The van der Waals surface area contributed by atoms with E-state index in [-0.39, 0.29) is 42.2 Å². The summed E-state index contributed by atoms with van der Waals surface area (Å²) in [6, 6.07) is 21.0. The summed E-state index contributed by atoms with van der Waals surface area (Å²) in [5.74, 6) is -0.290. The highest BCUT2D eigenvalue weighted by Gasteiger charge is 2.32. The van der Waals surface area contributed by atoms with Crippen LogP contribution < -0.4 is 10.1 Å². The van der Waals surface area contributed by atoms with Crippen LogP contribution in [0.15, 0.2) is 77.3 Å². The number of amides is 2. The largest absolute Gasteiger partial charge is 0.483 e. The molecule has 0 heterocycles. The Bertz CT molecular complexity index is 1300. The van der Waals surface area contributed by atoms with Gasteiger partial charge in [-0.2, -0.15) is 0 Å². The smallest absolute Gasteiger partial charge is 0.261 e. The summed E-state index contributed by atoms with van der Waals surface area (Å²) in [4.78, 5) is 29.3. The minimum absolute atomic E-state index is 0.0286. The summed E-state index contributed by atoms with van der Waals surface area (Å²) in [6.07, 6.45) is 5.59. The van der Waals surface area contributed by atoms with Crippen molar-refractivity contribution in [3.63, 3.8) is 0 Å². The number of carbonyl (C=O) groups excluding carboxylic acids is 2. The number of rotatable bonds is 10. The number of nitrogens with one attached hydrogen (secondary N) is 1. The van der Waals surface area contributed by atoms with Crippen LogP contribution in [0.1, 0.15) is 69.6 Å². The normalized spacial score (nSPS) is 14.8. The number of hydrogen-bond donors (Lipinski definition) is 1. The maximum atomic E-state index is 13.9. The Morgan fingerprint density at radius 2 is 1.66 bits per heavy atom. The van der Waals surface area contributed by atoms with E-state index < -0.39 is 6.04 Å². The molecule has 7 heteroatoms. The molecule has 1 fully saturated rings. The van der Waals surface area contributed by atoms with Gasteiger partial charge in [-0.05, 0) is 75.1 Å². The topological polar surface area (TPSA) is 58.6 Å². The predicted molar refractivity (Wildman–Crippen MR) is 164 cm³/mol. The van der Waals surface area contributed by atoms with Crippen molar-refractivity contribution in [2.45, 2.75) is 83.3 Å². The number of halogens is 2. The third-order valence-corrected chi connectivity index (χ3v) is 8.26. The average Bonchev–Trinajstić information content (AvgIpc) is 2.95. The van der Waals surface area contributed by atoms with Gasteiger partial charge in [0.25, 0.3) is 5.91 Å². The van der Waals surface area contributed by atoms with E-state index in [1.807, 2.05) is 48.5 Å². The minimum atomic E-state index is -0.757. The molecule has 0 aliphatic heterocycles. The van der Waals surface area contributed by atoms with Crippen LogP contribution in [0.3, 0.4) is 0 Å². The van der Waals surface area contributed by atoms with Crippen LogP contribution in [0, 0.1) is 5.82 Å². The molecule has 1 atom stereocenters. The highest BCUT2D eigenvalue weighted by Crippen LogP contribution is 2.31.